The minimum absolute atomic E-state index is 0.0415. The zero-order chi connectivity index (χ0) is 21.2. The van der Waals surface area contributed by atoms with E-state index in [1.807, 2.05) is 13.8 Å². The van der Waals surface area contributed by atoms with Gasteiger partial charge < -0.3 is 9.84 Å². The molecule has 1 unspecified atom stereocenters. The molecule has 0 aromatic heterocycles. The summed E-state index contributed by atoms with van der Waals surface area (Å²) in [6.45, 7) is 7.51. The molecule has 29 heavy (non-hydrogen) atoms. The van der Waals surface area contributed by atoms with E-state index in [1.165, 1.54) is 0 Å². The largest absolute Gasteiger partial charge is 0.460 e. The van der Waals surface area contributed by atoms with Gasteiger partial charge in [0, 0.05) is 5.41 Å². The maximum Gasteiger partial charge on any atom is 0.375 e. The van der Waals surface area contributed by atoms with Gasteiger partial charge in [-0.2, -0.15) is 0 Å². The van der Waals surface area contributed by atoms with Gasteiger partial charge in [0.1, 0.15) is 0 Å². The Bertz CT molecular complexity index is 727. The van der Waals surface area contributed by atoms with Crippen LogP contribution >= 0.6 is 0 Å². The molecule has 4 aliphatic rings. The maximum atomic E-state index is 13.5. The second-order valence-corrected chi connectivity index (χ2v) is 11.0. The van der Waals surface area contributed by atoms with E-state index in [0.717, 1.165) is 44.9 Å². The average molecular weight is 405 g/mol. The Balaban J connectivity index is 1.59. The van der Waals surface area contributed by atoms with Crippen LogP contribution in [0.3, 0.4) is 0 Å². The van der Waals surface area contributed by atoms with Crippen LogP contribution in [-0.2, 0) is 19.1 Å². The van der Waals surface area contributed by atoms with E-state index in [2.05, 4.69) is 0 Å². The highest BCUT2D eigenvalue weighted by atomic mass is 16.5. The topological polar surface area (TPSA) is 80.7 Å². The lowest BCUT2D eigenvalue weighted by Crippen LogP contribution is -2.50. The van der Waals surface area contributed by atoms with Crippen molar-refractivity contribution in [3.8, 4) is 0 Å². The Labute approximate surface area is 174 Å². The predicted molar refractivity (Wildman–Crippen MR) is 108 cm³/mol. The maximum absolute atomic E-state index is 13.5. The molecule has 0 aromatic carbocycles. The number of ketones is 2. The van der Waals surface area contributed by atoms with Gasteiger partial charge >= 0.3 is 5.97 Å². The van der Waals surface area contributed by atoms with Crippen molar-refractivity contribution in [3.63, 3.8) is 0 Å². The summed E-state index contributed by atoms with van der Waals surface area (Å²) in [6, 6.07) is 0. The van der Waals surface area contributed by atoms with Crippen molar-refractivity contribution >= 4 is 17.5 Å². The molecule has 8 atom stereocenters. The zero-order valence-corrected chi connectivity index (χ0v) is 18.3. The van der Waals surface area contributed by atoms with Gasteiger partial charge in [0.15, 0.2) is 5.78 Å². The Morgan fingerprint density at radius 3 is 2.38 bits per heavy atom. The lowest BCUT2D eigenvalue weighted by atomic mass is 9.50. The minimum Gasteiger partial charge on any atom is -0.460 e. The minimum atomic E-state index is -1.24. The first kappa shape index (κ1) is 21.0. The number of carbonyl (C=O) groups excluding carboxylic acids is 3. The fraction of sp³-hybridized carbons (Fsp3) is 0.875. The van der Waals surface area contributed by atoms with E-state index in [0.29, 0.717) is 30.1 Å². The molecule has 0 aromatic rings. The smallest absolute Gasteiger partial charge is 0.375 e. The van der Waals surface area contributed by atoms with Crippen LogP contribution in [0.4, 0.5) is 0 Å². The lowest BCUT2D eigenvalue weighted by Gasteiger charge is -2.55. The third-order valence-electron chi connectivity index (χ3n) is 9.24. The molecule has 0 spiro atoms. The highest BCUT2D eigenvalue weighted by molar-refractivity contribution is 6.40. The van der Waals surface area contributed by atoms with Crippen LogP contribution in [-0.4, -0.2) is 34.9 Å². The van der Waals surface area contributed by atoms with Crippen molar-refractivity contribution in [2.24, 2.45) is 40.4 Å². The summed E-state index contributed by atoms with van der Waals surface area (Å²) in [7, 11) is 0. The van der Waals surface area contributed by atoms with Crippen LogP contribution in [0.2, 0.25) is 0 Å². The number of ether oxygens (including phenoxy) is 1. The molecule has 0 heterocycles. The normalized spacial score (nSPS) is 49.0. The molecule has 5 heteroatoms. The molecule has 1 N–H and O–H groups in total. The Hall–Kier alpha value is -1.23. The Kier molecular flexibility index (Phi) is 5.00. The molecule has 0 aliphatic heterocycles. The van der Waals surface area contributed by atoms with Crippen molar-refractivity contribution in [1.29, 1.82) is 0 Å². The summed E-state index contributed by atoms with van der Waals surface area (Å²) >= 11 is 0. The molecule has 0 amide bonds. The SMILES string of the molecule is CCOC(=O)C(=O)C1(C)C[C@H]2[C@@H]3CC[C@@H]4C[C@](C)(O)CC[C@@H]4[C@H]3CC[C@]2(C)C1=O. The lowest BCUT2D eigenvalue weighted by molar-refractivity contribution is -0.160. The van der Waals surface area contributed by atoms with Crippen LogP contribution in [0.1, 0.15) is 79.1 Å². The van der Waals surface area contributed by atoms with E-state index < -0.39 is 28.2 Å². The van der Waals surface area contributed by atoms with Gasteiger partial charge in [-0.05, 0) is 102 Å². The van der Waals surface area contributed by atoms with Crippen molar-refractivity contribution < 1.29 is 24.2 Å². The van der Waals surface area contributed by atoms with Crippen molar-refractivity contribution in [2.75, 3.05) is 6.61 Å². The second-order valence-electron chi connectivity index (χ2n) is 11.0. The average Bonchev–Trinajstić information content (AvgIpc) is 2.88. The molecule has 4 rings (SSSR count). The number of Topliss-reactive ketones (excluding diaryl/α,β-unsaturated/α-hetero) is 2. The second kappa shape index (κ2) is 6.90. The molecular weight excluding hydrogens is 368 g/mol. The highest BCUT2D eigenvalue weighted by Crippen LogP contribution is 2.65. The summed E-state index contributed by atoms with van der Waals surface area (Å²) in [5.74, 6) is 0.838. The number of esters is 1. The van der Waals surface area contributed by atoms with E-state index in [1.54, 1.807) is 13.8 Å². The number of aliphatic hydroxyl groups is 1. The number of hydrogen-bond donors (Lipinski definition) is 1. The van der Waals surface area contributed by atoms with Crippen LogP contribution in [0, 0.1) is 40.4 Å². The van der Waals surface area contributed by atoms with E-state index in [9.17, 15) is 19.5 Å². The van der Waals surface area contributed by atoms with Gasteiger partial charge in [0.2, 0.25) is 0 Å². The molecule has 4 saturated carbocycles. The highest BCUT2D eigenvalue weighted by Gasteiger charge is 2.66. The molecule has 4 aliphatic carbocycles. The molecule has 162 valence electrons. The van der Waals surface area contributed by atoms with E-state index >= 15 is 0 Å². The monoisotopic (exact) mass is 404 g/mol. The number of carbonyl (C=O) groups is 3. The first-order chi connectivity index (χ1) is 13.5. The summed E-state index contributed by atoms with van der Waals surface area (Å²) in [5.41, 5.74) is -2.29. The van der Waals surface area contributed by atoms with Gasteiger partial charge in [0.25, 0.3) is 5.78 Å². The number of fused-ring (bicyclic) bond motifs is 5. The first-order valence-electron chi connectivity index (χ1n) is 11.5. The van der Waals surface area contributed by atoms with E-state index in [4.69, 9.17) is 4.74 Å². The van der Waals surface area contributed by atoms with Gasteiger partial charge in [-0.1, -0.05) is 6.92 Å². The van der Waals surface area contributed by atoms with E-state index in [-0.39, 0.29) is 18.3 Å². The van der Waals surface area contributed by atoms with Gasteiger partial charge in [-0.3, -0.25) is 9.59 Å². The van der Waals surface area contributed by atoms with Crippen molar-refractivity contribution in [3.05, 3.63) is 0 Å². The standard InChI is InChI=1S/C24H36O5/c1-5-29-20(26)19(25)24(4)13-18-17-7-6-14-12-22(2,28)10-8-15(14)16(17)9-11-23(18,3)21(24)27/h14-18,28H,5-13H2,1-4H3/t14-,15+,16-,17-,18+,22-,23+,24?/m1/s1. The van der Waals surface area contributed by atoms with Crippen LogP contribution in [0.15, 0.2) is 0 Å². The summed E-state index contributed by atoms with van der Waals surface area (Å²) < 4.78 is 4.95. The van der Waals surface area contributed by atoms with Gasteiger partial charge in [0.05, 0.1) is 17.6 Å². The fourth-order valence-electron chi connectivity index (χ4n) is 7.84. The fourth-order valence-corrected chi connectivity index (χ4v) is 7.84. The quantitative estimate of drug-likeness (QED) is 0.441. The van der Waals surface area contributed by atoms with Crippen LogP contribution in [0.25, 0.3) is 0 Å². The van der Waals surface area contributed by atoms with Gasteiger partial charge in [-0.25, -0.2) is 4.79 Å². The first-order valence-corrected chi connectivity index (χ1v) is 11.5. The number of hydrogen-bond acceptors (Lipinski definition) is 5. The third-order valence-corrected chi connectivity index (χ3v) is 9.24. The van der Waals surface area contributed by atoms with Crippen molar-refractivity contribution in [1.82, 2.24) is 0 Å². The zero-order valence-electron chi connectivity index (χ0n) is 18.3. The molecule has 4 fully saturated rings. The summed E-state index contributed by atoms with van der Waals surface area (Å²) in [5, 5.41) is 10.5. The van der Waals surface area contributed by atoms with Gasteiger partial charge in [-0.15, -0.1) is 0 Å². The molecule has 0 radical (unpaired) electrons. The predicted octanol–water partition coefficient (Wildman–Crippen LogP) is 3.71. The molecule has 0 bridgehead atoms. The third kappa shape index (κ3) is 3.10. The molecule has 5 nitrogen and oxygen atoms in total. The Morgan fingerprint density at radius 1 is 1.00 bits per heavy atom. The van der Waals surface area contributed by atoms with Crippen molar-refractivity contribution in [2.45, 2.75) is 84.7 Å². The summed E-state index contributed by atoms with van der Waals surface area (Å²) in [4.78, 5) is 38.6. The summed E-state index contributed by atoms with van der Waals surface area (Å²) in [6.07, 6.45) is 7.30. The number of rotatable bonds is 3. The van der Waals surface area contributed by atoms with Crippen LogP contribution < -0.4 is 0 Å². The Morgan fingerprint density at radius 2 is 1.69 bits per heavy atom. The molecule has 0 saturated heterocycles. The van der Waals surface area contributed by atoms with Crippen LogP contribution in [0.5, 0.6) is 0 Å². The molecular formula is C24H36O5.